The number of morpholine rings is 2. The summed E-state index contributed by atoms with van der Waals surface area (Å²) in [5.41, 5.74) is 8.45. The maximum atomic E-state index is 10.4. The van der Waals surface area contributed by atoms with Gasteiger partial charge < -0.3 is 9.47 Å². The molecule has 4 heterocycles. The highest BCUT2D eigenvalue weighted by Gasteiger charge is 2.61. The molecular formula is C55H67N3O2. The minimum atomic E-state index is 0.356. The fourth-order valence-corrected chi connectivity index (χ4v) is 17.0. The Hall–Kier alpha value is -3.01. The molecule has 0 N–H and O–H groups in total. The summed E-state index contributed by atoms with van der Waals surface area (Å²) in [4.78, 5) is 6.19. The number of ether oxygens (including phenoxy) is 2. The molecule has 5 heteroatoms. The number of hydrogen-bond donors (Lipinski definition) is 0. The molecule has 60 heavy (non-hydrogen) atoms. The molecule has 0 amide bonds. The highest BCUT2D eigenvalue weighted by atomic mass is 16.5. The number of benzene rings is 3. The molecule has 6 saturated carbocycles. The Labute approximate surface area is 359 Å². The van der Waals surface area contributed by atoms with Crippen molar-refractivity contribution in [2.75, 3.05) is 0 Å². The standard InChI is InChI=1S/C55H67N3O2/c56-32-33-24-39(35-11-7-10-34(26-35)38-22-23-49-52(30-38)60-51-21-9-16-44-42-14-1-3-17-46(42)58(49)54(44)51)28-40(25-33)36-12-8-13-37(27-36)41-29-45-43-15-2-4-18-47(43)57-48-19-5-6-20-50(48)59-53(31-41)55(45)57/h7-8,10-13,24-28,38,41-55H,1-6,9,14-23,29-31H2. The minimum absolute atomic E-state index is 0.356. The first-order chi connectivity index (χ1) is 29.7. The summed E-state index contributed by atoms with van der Waals surface area (Å²) < 4.78 is 14.4. The summed E-state index contributed by atoms with van der Waals surface area (Å²) in [7, 11) is 0. The lowest BCUT2D eigenvalue weighted by molar-refractivity contribution is -0.179. The van der Waals surface area contributed by atoms with Crippen LogP contribution in [0.5, 0.6) is 0 Å². The van der Waals surface area contributed by atoms with E-state index >= 15 is 0 Å². The van der Waals surface area contributed by atoms with Gasteiger partial charge in [0.1, 0.15) is 0 Å². The van der Waals surface area contributed by atoms with E-state index in [1.54, 1.807) is 0 Å². The van der Waals surface area contributed by atoms with Crippen LogP contribution < -0.4 is 0 Å². The molecule has 0 spiro atoms. The summed E-state index contributed by atoms with van der Waals surface area (Å²) in [5.74, 6) is 4.45. The molecule has 0 radical (unpaired) electrons. The van der Waals surface area contributed by atoms with E-state index in [0.29, 0.717) is 60.4 Å². The summed E-state index contributed by atoms with van der Waals surface area (Å²) in [6.45, 7) is 0. The number of hydrogen-bond acceptors (Lipinski definition) is 5. The van der Waals surface area contributed by atoms with Crippen LogP contribution in [0.3, 0.4) is 0 Å². The van der Waals surface area contributed by atoms with Crippen molar-refractivity contribution in [1.29, 1.82) is 5.26 Å². The predicted molar refractivity (Wildman–Crippen MR) is 238 cm³/mol. The van der Waals surface area contributed by atoms with E-state index in [2.05, 4.69) is 82.6 Å². The van der Waals surface area contributed by atoms with Crippen molar-refractivity contribution in [3.05, 3.63) is 83.4 Å². The maximum Gasteiger partial charge on any atom is 0.0992 e. The number of nitrogens with zero attached hydrogens (tertiary/aromatic N) is 3. The van der Waals surface area contributed by atoms with E-state index in [0.717, 1.165) is 65.3 Å². The van der Waals surface area contributed by atoms with E-state index in [9.17, 15) is 5.26 Å². The number of fused-ring (bicyclic) bond motifs is 10. The molecular weight excluding hydrogens is 735 g/mol. The highest BCUT2D eigenvalue weighted by molar-refractivity contribution is 5.76. The van der Waals surface area contributed by atoms with Gasteiger partial charge in [0.25, 0.3) is 0 Å². The first-order valence-corrected chi connectivity index (χ1v) is 25.3. The molecule has 3 aromatic carbocycles. The molecule has 4 saturated heterocycles. The lowest BCUT2D eigenvalue weighted by atomic mass is 9.67. The van der Waals surface area contributed by atoms with Gasteiger partial charge in [-0.2, -0.15) is 5.26 Å². The Balaban J connectivity index is 0.762. The van der Waals surface area contributed by atoms with Gasteiger partial charge in [-0.25, -0.2) is 0 Å². The van der Waals surface area contributed by atoms with E-state index in [4.69, 9.17) is 9.47 Å². The minimum Gasteiger partial charge on any atom is -0.372 e. The maximum absolute atomic E-state index is 10.4. The lowest BCUT2D eigenvalue weighted by Gasteiger charge is -2.54. The van der Waals surface area contributed by atoms with Crippen molar-refractivity contribution in [2.24, 2.45) is 23.7 Å². The zero-order chi connectivity index (χ0) is 39.5. The summed E-state index contributed by atoms with van der Waals surface area (Å²) in [5, 5.41) is 10.4. The molecule has 13 rings (SSSR count). The Morgan fingerprint density at radius 1 is 0.433 bits per heavy atom. The van der Waals surface area contributed by atoms with Crippen LogP contribution in [0.1, 0.15) is 157 Å². The van der Waals surface area contributed by atoms with Crippen molar-refractivity contribution >= 4 is 0 Å². The van der Waals surface area contributed by atoms with Gasteiger partial charge in [0.15, 0.2) is 0 Å². The predicted octanol–water partition coefficient (Wildman–Crippen LogP) is 11.8. The third-order valence-corrected chi connectivity index (χ3v) is 19.2. The smallest absolute Gasteiger partial charge is 0.0992 e. The molecule has 6 aliphatic carbocycles. The second-order valence-corrected chi connectivity index (χ2v) is 21.9. The molecule has 4 aliphatic heterocycles. The third kappa shape index (κ3) is 6.03. The number of nitriles is 1. The lowest BCUT2D eigenvalue weighted by Crippen LogP contribution is -2.63. The molecule has 16 unspecified atom stereocenters. The Kier molecular flexibility index (Phi) is 9.43. The average Bonchev–Trinajstić information content (AvgIpc) is 3.84. The van der Waals surface area contributed by atoms with Gasteiger partial charge in [0.2, 0.25) is 0 Å². The quantitative estimate of drug-likeness (QED) is 0.263. The molecule has 16 atom stereocenters. The SMILES string of the molecule is N#Cc1cc(-c2cccc(C3CCC4C(C3)OC3CCCC5C6CCCCC6N4C35)c2)cc(-c2cccc(C3CC4OC5CCCCC5N5C6CCCCC6C(C3)C45)c2)c1. The van der Waals surface area contributed by atoms with Crippen molar-refractivity contribution in [2.45, 2.75) is 201 Å². The van der Waals surface area contributed by atoms with Gasteiger partial charge in [-0.15, -0.1) is 0 Å². The Morgan fingerprint density at radius 3 is 1.73 bits per heavy atom. The summed E-state index contributed by atoms with van der Waals surface area (Å²) in [6, 6.07) is 32.2. The van der Waals surface area contributed by atoms with Crippen molar-refractivity contribution in [1.82, 2.24) is 9.80 Å². The van der Waals surface area contributed by atoms with Gasteiger partial charge in [-0.3, -0.25) is 9.80 Å². The van der Waals surface area contributed by atoms with Crippen molar-refractivity contribution in [3.8, 4) is 28.3 Å². The summed E-state index contributed by atoms with van der Waals surface area (Å²) >= 11 is 0. The van der Waals surface area contributed by atoms with E-state index in [1.807, 2.05) is 0 Å². The van der Waals surface area contributed by atoms with E-state index < -0.39 is 0 Å². The molecule has 0 aromatic heterocycles. The Morgan fingerprint density at radius 2 is 1.00 bits per heavy atom. The molecule has 3 aromatic rings. The topological polar surface area (TPSA) is 48.7 Å². The fraction of sp³-hybridized carbons (Fsp3) is 0.655. The van der Waals surface area contributed by atoms with Gasteiger partial charge in [0, 0.05) is 36.3 Å². The molecule has 0 bridgehead atoms. The second kappa shape index (κ2) is 15.1. The van der Waals surface area contributed by atoms with Crippen LogP contribution in [0, 0.1) is 35.0 Å². The van der Waals surface area contributed by atoms with Crippen molar-refractivity contribution in [3.63, 3.8) is 0 Å². The van der Waals surface area contributed by atoms with Crippen LogP contribution in [0.25, 0.3) is 22.3 Å². The molecule has 10 fully saturated rings. The average molecular weight is 802 g/mol. The largest absolute Gasteiger partial charge is 0.372 e. The zero-order valence-corrected chi connectivity index (χ0v) is 35.9. The second-order valence-electron chi connectivity index (χ2n) is 21.9. The number of rotatable bonds is 4. The van der Waals surface area contributed by atoms with Crippen LogP contribution in [0.4, 0.5) is 0 Å². The van der Waals surface area contributed by atoms with Gasteiger partial charge in [-0.05, 0) is 171 Å². The third-order valence-electron chi connectivity index (χ3n) is 19.2. The van der Waals surface area contributed by atoms with Gasteiger partial charge in [0.05, 0.1) is 36.0 Å². The van der Waals surface area contributed by atoms with Crippen LogP contribution >= 0.6 is 0 Å². The van der Waals surface area contributed by atoms with Crippen LogP contribution in [0.2, 0.25) is 0 Å². The molecule has 5 nitrogen and oxygen atoms in total. The normalized spacial score (nSPS) is 43.0. The first-order valence-electron chi connectivity index (χ1n) is 25.3. The summed E-state index contributed by atoms with van der Waals surface area (Å²) in [6.07, 6.45) is 28.5. The van der Waals surface area contributed by atoms with Crippen LogP contribution in [-0.4, -0.2) is 70.5 Å². The molecule has 314 valence electrons. The Bertz CT molecular complexity index is 2140. The van der Waals surface area contributed by atoms with Crippen LogP contribution in [-0.2, 0) is 9.47 Å². The van der Waals surface area contributed by atoms with Gasteiger partial charge >= 0.3 is 0 Å². The van der Waals surface area contributed by atoms with Crippen LogP contribution in [0.15, 0.2) is 66.7 Å². The monoisotopic (exact) mass is 802 g/mol. The first kappa shape index (κ1) is 37.5. The van der Waals surface area contributed by atoms with E-state index in [-0.39, 0.29) is 0 Å². The zero-order valence-electron chi connectivity index (χ0n) is 35.9. The highest BCUT2D eigenvalue weighted by Crippen LogP contribution is 2.58. The molecule has 10 aliphatic rings. The van der Waals surface area contributed by atoms with Crippen molar-refractivity contribution < 1.29 is 9.47 Å². The fourth-order valence-electron chi connectivity index (χ4n) is 17.0. The van der Waals surface area contributed by atoms with Gasteiger partial charge in [-0.1, -0.05) is 93.5 Å². The van der Waals surface area contributed by atoms with E-state index in [1.165, 1.54) is 138 Å².